The number of unbranched alkanes of at least 4 members (excludes halogenated alkanes) is 6. The molecule has 0 rings (SSSR count). The first-order valence-electron chi connectivity index (χ1n) is 5.98. The van der Waals surface area contributed by atoms with Crippen molar-refractivity contribution in [1.29, 1.82) is 0 Å². The predicted molar refractivity (Wildman–Crippen MR) is 67.0 cm³/mol. The van der Waals surface area contributed by atoms with Crippen LogP contribution >= 0.6 is 11.8 Å². The van der Waals surface area contributed by atoms with Gasteiger partial charge in [0.2, 0.25) is 0 Å². The fraction of sp³-hybridized carbons (Fsp3) is 1.00. The van der Waals surface area contributed by atoms with Crippen molar-refractivity contribution < 1.29 is 5.11 Å². The Hall–Kier alpha value is 0.310. The van der Waals surface area contributed by atoms with Gasteiger partial charge in [-0.3, -0.25) is 0 Å². The summed E-state index contributed by atoms with van der Waals surface area (Å²) in [5, 5.41) is 9.47. The van der Waals surface area contributed by atoms with E-state index in [0.29, 0.717) is 0 Å². The van der Waals surface area contributed by atoms with Gasteiger partial charge in [-0.25, -0.2) is 0 Å². The van der Waals surface area contributed by atoms with Crippen molar-refractivity contribution in [2.45, 2.75) is 64.4 Å². The molecule has 0 aromatic rings. The molecule has 1 nitrogen and oxygen atoms in total. The van der Waals surface area contributed by atoms with Gasteiger partial charge in [-0.15, -0.1) is 0 Å². The van der Waals surface area contributed by atoms with E-state index in [1.54, 1.807) is 11.8 Å². The van der Waals surface area contributed by atoms with Crippen LogP contribution in [0.25, 0.3) is 0 Å². The molecule has 0 bridgehead atoms. The summed E-state index contributed by atoms with van der Waals surface area (Å²) in [5.74, 6) is 0.899. The molecular weight excluding hydrogens is 192 g/mol. The van der Waals surface area contributed by atoms with Crippen LogP contribution in [-0.4, -0.2) is 23.2 Å². The van der Waals surface area contributed by atoms with Crippen LogP contribution in [0.3, 0.4) is 0 Å². The van der Waals surface area contributed by atoms with Crippen molar-refractivity contribution in [2.75, 3.05) is 12.0 Å². The Balaban J connectivity index is 2.98. The molecule has 0 aliphatic rings. The number of hydrogen-bond acceptors (Lipinski definition) is 2. The molecule has 0 heterocycles. The fourth-order valence-corrected chi connectivity index (χ4v) is 2.16. The SMILES string of the molecule is CCCCCCCCCC(O)CSC. The average Bonchev–Trinajstić information content (AvgIpc) is 2.17. The van der Waals surface area contributed by atoms with Crippen LogP contribution < -0.4 is 0 Å². The molecule has 0 radical (unpaired) electrons. The summed E-state index contributed by atoms with van der Waals surface area (Å²) in [7, 11) is 0. The first-order chi connectivity index (χ1) is 6.81. The quantitative estimate of drug-likeness (QED) is 0.562. The van der Waals surface area contributed by atoms with E-state index >= 15 is 0 Å². The Morgan fingerprint density at radius 1 is 1.00 bits per heavy atom. The van der Waals surface area contributed by atoms with Crippen LogP contribution in [0.1, 0.15) is 58.3 Å². The fourth-order valence-electron chi connectivity index (χ4n) is 1.61. The minimum absolute atomic E-state index is 0.0689. The first-order valence-corrected chi connectivity index (χ1v) is 7.37. The standard InChI is InChI=1S/C12H26OS/c1-3-4-5-6-7-8-9-10-12(13)11-14-2/h12-13H,3-11H2,1-2H3. The third kappa shape index (κ3) is 10.4. The van der Waals surface area contributed by atoms with Crippen molar-refractivity contribution >= 4 is 11.8 Å². The van der Waals surface area contributed by atoms with E-state index in [0.717, 1.165) is 12.2 Å². The molecule has 1 atom stereocenters. The number of aliphatic hydroxyl groups is 1. The molecule has 1 unspecified atom stereocenters. The molecule has 1 N–H and O–H groups in total. The van der Waals surface area contributed by atoms with Gasteiger partial charge in [0.15, 0.2) is 0 Å². The Bertz CT molecular complexity index is 106. The van der Waals surface area contributed by atoms with Crippen LogP contribution in [0.4, 0.5) is 0 Å². The monoisotopic (exact) mass is 218 g/mol. The highest BCUT2D eigenvalue weighted by Gasteiger charge is 2.01. The Kier molecular flexibility index (Phi) is 11.6. The predicted octanol–water partition coefficient (Wildman–Crippen LogP) is 3.85. The lowest BCUT2D eigenvalue weighted by Gasteiger charge is -2.07. The van der Waals surface area contributed by atoms with E-state index in [1.165, 1.54) is 44.9 Å². The molecule has 0 amide bonds. The summed E-state index contributed by atoms with van der Waals surface area (Å²) in [4.78, 5) is 0. The first kappa shape index (κ1) is 14.3. The van der Waals surface area contributed by atoms with Gasteiger partial charge >= 0.3 is 0 Å². The minimum atomic E-state index is -0.0689. The van der Waals surface area contributed by atoms with Crippen molar-refractivity contribution in [3.63, 3.8) is 0 Å². The number of hydrogen-bond donors (Lipinski definition) is 1. The van der Waals surface area contributed by atoms with Gasteiger partial charge < -0.3 is 5.11 Å². The van der Waals surface area contributed by atoms with Crippen LogP contribution in [0.5, 0.6) is 0 Å². The number of rotatable bonds is 10. The minimum Gasteiger partial charge on any atom is -0.392 e. The topological polar surface area (TPSA) is 20.2 Å². The summed E-state index contributed by atoms with van der Waals surface area (Å²) in [5.41, 5.74) is 0. The summed E-state index contributed by atoms with van der Waals surface area (Å²) in [6.07, 6.45) is 12.3. The van der Waals surface area contributed by atoms with E-state index in [-0.39, 0.29) is 6.10 Å². The highest BCUT2D eigenvalue weighted by Crippen LogP contribution is 2.11. The lowest BCUT2D eigenvalue weighted by molar-refractivity contribution is 0.185. The van der Waals surface area contributed by atoms with E-state index in [9.17, 15) is 5.11 Å². The van der Waals surface area contributed by atoms with Gasteiger partial charge in [0.25, 0.3) is 0 Å². The van der Waals surface area contributed by atoms with Crippen molar-refractivity contribution in [3.05, 3.63) is 0 Å². The molecule has 2 heteroatoms. The molecule has 86 valence electrons. The maximum atomic E-state index is 9.47. The molecule has 0 aliphatic heterocycles. The molecule has 0 saturated carbocycles. The maximum Gasteiger partial charge on any atom is 0.0630 e. The van der Waals surface area contributed by atoms with E-state index in [4.69, 9.17) is 0 Å². The normalized spacial score (nSPS) is 13.1. The van der Waals surface area contributed by atoms with Gasteiger partial charge in [0.05, 0.1) is 6.10 Å². The van der Waals surface area contributed by atoms with Gasteiger partial charge in [0.1, 0.15) is 0 Å². The van der Waals surface area contributed by atoms with Gasteiger partial charge in [-0.05, 0) is 12.7 Å². The maximum absolute atomic E-state index is 9.47. The highest BCUT2D eigenvalue weighted by atomic mass is 32.2. The lowest BCUT2D eigenvalue weighted by Crippen LogP contribution is -2.08. The van der Waals surface area contributed by atoms with Crippen LogP contribution in [0.2, 0.25) is 0 Å². The average molecular weight is 218 g/mol. The highest BCUT2D eigenvalue weighted by molar-refractivity contribution is 7.98. The number of aliphatic hydroxyl groups excluding tert-OH is 1. The smallest absolute Gasteiger partial charge is 0.0630 e. The zero-order valence-electron chi connectivity index (χ0n) is 9.80. The van der Waals surface area contributed by atoms with Gasteiger partial charge in [0, 0.05) is 5.75 Å². The second kappa shape index (κ2) is 11.4. The second-order valence-corrected chi connectivity index (χ2v) is 4.93. The number of thioether (sulfide) groups is 1. The van der Waals surface area contributed by atoms with Gasteiger partial charge in [-0.2, -0.15) is 11.8 Å². The lowest BCUT2D eigenvalue weighted by atomic mass is 10.1. The summed E-state index contributed by atoms with van der Waals surface area (Å²) in [6.45, 7) is 2.25. The van der Waals surface area contributed by atoms with Gasteiger partial charge in [-0.1, -0.05) is 51.9 Å². The van der Waals surface area contributed by atoms with E-state index in [1.807, 2.05) is 6.26 Å². The molecule has 0 spiro atoms. The zero-order valence-corrected chi connectivity index (χ0v) is 10.6. The summed E-state index contributed by atoms with van der Waals surface area (Å²) < 4.78 is 0. The third-order valence-corrected chi connectivity index (χ3v) is 3.22. The van der Waals surface area contributed by atoms with Crippen LogP contribution in [-0.2, 0) is 0 Å². The Labute approximate surface area is 93.7 Å². The Morgan fingerprint density at radius 3 is 2.14 bits per heavy atom. The zero-order chi connectivity index (χ0) is 10.6. The third-order valence-electron chi connectivity index (χ3n) is 2.50. The molecule has 0 aromatic carbocycles. The summed E-state index contributed by atoms with van der Waals surface area (Å²) >= 11 is 1.73. The Morgan fingerprint density at radius 2 is 1.57 bits per heavy atom. The molecule has 0 aromatic heterocycles. The van der Waals surface area contributed by atoms with E-state index in [2.05, 4.69) is 6.92 Å². The van der Waals surface area contributed by atoms with Crippen molar-refractivity contribution in [1.82, 2.24) is 0 Å². The molecule has 0 fully saturated rings. The molecular formula is C12H26OS. The van der Waals surface area contributed by atoms with Crippen molar-refractivity contribution in [3.8, 4) is 0 Å². The molecule has 14 heavy (non-hydrogen) atoms. The second-order valence-electron chi connectivity index (χ2n) is 4.02. The summed E-state index contributed by atoms with van der Waals surface area (Å²) in [6, 6.07) is 0. The van der Waals surface area contributed by atoms with E-state index < -0.39 is 0 Å². The van der Waals surface area contributed by atoms with Crippen LogP contribution in [0, 0.1) is 0 Å². The molecule has 0 aliphatic carbocycles. The molecule has 0 saturated heterocycles. The van der Waals surface area contributed by atoms with Crippen LogP contribution in [0.15, 0.2) is 0 Å². The van der Waals surface area contributed by atoms with Crippen molar-refractivity contribution in [2.24, 2.45) is 0 Å². The largest absolute Gasteiger partial charge is 0.392 e.